The van der Waals surface area contributed by atoms with Crippen molar-refractivity contribution < 1.29 is 29.0 Å². The number of aliphatic carboxylic acids is 1. The highest BCUT2D eigenvalue weighted by Gasteiger charge is 2.24. The molecule has 1 aliphatic rings. The number of carboxylic acid groups (broad SMARTS) is 1. The fourth-order valence-electron chi connectivity index (χ4n) is 2.19. The van der Waals surface area contributed by atoms with E-state index in [1.165, 1.54) is 13.8 Å². The largest absolute Gasteiger partial charge is 0.480 e. The van der Waals surface area contributed by atoms with Gasteiger partial charge >= 0.3 is 5.97 Å². The van der Waals surface area contributed by atoms with Crippen molar-refractivity contribution in [1.29, 1.82) is 0 Å². The number of carboxylic acids is 1. The zero-order chi connectivity index (χ0) is 17.7. The Morgan fingerprint density at radius 1 is 1.29 bits per heavy atom. The molecule has 1 aromatic rings. The van der Waals surface area contributed by atoms with Crippen molar-refractivity contribution >= 4 is 28.8 Å². The van der Waals surface area contributed by atoms with Gasteiger partial charge in [-0.25, -0.2) is 0 Å². The lowest BCUT2D eigenvalue weighted by atomic mass is 9.99. The van der Waals surface area contributed by atoms with Crippen LogP contribution in [-0.2, 0) is 20.8 Å². The van der Waals surface area contributed by atoms with Gasteiger partial charge in [-0.2, -0.15) is 0 Å². The molecular weight excluding hydrogens is 334 g/mol. The Labute approximate surface area is 143 Å². The van der Waals surface area contributed by atoms with E-state index in [1.807, 2.05) is 6.07 Å². The predicted molar refractivity (Wildman–Crippen MR) is 88.1 cm³/mol. The molecule has 8 heteroatoms. The normalized spacial score (nSPS) is 14.8. The van der Waals surface area contributed by atoms with E-state index < -0.39 is 23.8 Å². The van der Waals surface area contributed by atoms with Crippen LogP contribution in [0.3, 0.4) is 0 Å². The summed E-state index contributed by atoms with van der Waals surface area (Å²) in [5.74, 6) is -0.481. The zero-order valence-corrected chi connectivity index (χ0v) is 14.2. The van der Waals surface area contributed by atoms with E-state index in [9.17, 15) is 14.4 Å². The van der Waals surface area contributed by atoms with Gasteiger partial charge in [0.15, 0.2) is 16.6 Å². The first-order valence-electron chi connectivity index (χ1n) is 7.42. The van der Waals surface area contributed by atoms with Gasteiger partial charge in [-0.1, -0.05) is 17.8 Å². The van der Waals surface area contributed by atoms with Crippen molar-refractivity contribution in [2.45, 2.75) is 26.3 Å². The quantitative estimate of drug-likeness (QED) is 0.765. The van der Waals surface area contributed by atoms with Crippen LogP contribution in [0.15, 0.2) is 18.2 Å². The Balaban J connectivity index is 2.08. The number of fused-ring (bicyclic) bond motifs is 1. The van der Waals surface area contributed by atoms with E-state index in [0.717, 1.165) is 17.3 Å². The molecule has 1 aliphatic heterocycles. The molecule has 2 rings (SSSR count). The molecule has 0 saturated heterocycles. The maximum absolute atomic E-state index is 12.4. The SMILES string of the molecule is CC(=O)SCC(Cc1ccc2c(c1)OCO2)C(=O)NC(C)C(=O)O. The minimum atomic E-state index is -1.11. The second-order valence-electron chi connectivity index (χ2n) is 5.46. The lowest BCUT2D eigenvalue weighted by molar-refractivity contribution is -0.141. The molecular formula is C16H19NO6S. The molecule has 24 heavy (non-hydrogen) atoms. The summed E-state index contributed by atoms with van der Waals surface area (Å²) < 4.78 is 10.6. The monoisotopic (exact) mass is 353 g/mol. The first-order chi connectivity index (χ1) is 11.4. The van der Waals surface area contributed by atoms with Gasteiger partial charge in [-0.05, 0) is 31.0 Å². The lowest BCUT2D eigenvalue weighted by Crippen LogP contribution is -2.43. The smallest absolute Gasteiger partial charge is 0.325 e. The van der Waals surface area contributed by atoms with Crippen LogP contribution in [0.2, 0.25) is 0 Å². The van der Waals surface area contributed by atoms with Crippen molar-refractivity contribution in [3.63, 3.8) is 0 Å². The minimum absolute atomic E-state index is 0.0928. The first-order valence-corrected chi connectivity index (χ1v) is 8.40. The number of ether oxygens (including phenoxy) is 2. The molecule has 0 aromatic heterocycles. The Bertz CT molecular complexity index is 647. The summed E-state index contributed by atoms with van der Waals surface area (Å²) in [6, 6.07) is 4.40. The molecule has 130 valence electrons. The van der Waals surface area contributed by atoms with E-state index in [2.05, 4.69) is 5.32 Å². The van der Waals surface area contributed by atoms with Gasteiger partial charge in [0.2, 0.25) is 12.7 Å². The molecule has 0 radical (unpaired) electrons. The molecule has 7 nitrogen and oxygen atoms in total. The maximum Gasteiger partial charge on any atom is 0.325 e. The average molecular weight is 353 g/mol. The number of amides is 1. The number of benzene rings is 1. The van der Waals surface area contributed by atoms with Gasteiger partial charge in [0, 0.05) is 12.7 Å². The molecule has 0 fully saturated rings. The fourth-order valence-corrected chi connectivity index (χ4v) is 2.90. The molecule has 2 N–H and O–H groups in total. The van der Waals surface area contributed by atoms with Crippen molar-refractivity contribution in [1.82, 2.24) is 5.32 Å². The molecule has 0 spiro atoms. The van der Waals surface area contributed by atoms with Crippen molar-refractivity contribution in [2.75, 3.05) is 12.5 Å². The van der Waals surface area contributed by atoms with Crippen LogP contribution in [0.4, 0.5) is 0 Å². The summed E-state index contributed by atoms with van der Waals surface area (Å²) in [4.78, 5) is 34.5. The van der Waals surface area contributed by atoms with E-state index in [1.54, 1.807) is 12.1 Å². The Morgan fingerprint density at radius 3 is 2.67 bits per heavy atom. The summed E-state index contributed by atoms with van der Waals surface area (Å²) in [6.07, 6.45) is 0.370. The van der Waals surface area contributed by atoms with Gasteiger partial charge in [0.25, 0.3) is 0 Å². The number of nitrogens with one attached hydrogen (secondary N) is 1. The van der Waals surface area contributed by atoms with E-state index in [-0.39, 0.29) is 17.7 Å². The number of hydrogen-bond donors (Lipinski definition) is 2. The number of carbonyl (C=O) groups excluding carboxylic acids is 2. The summed E-state index contributed by atoms with van der Waals surface area (Å²) in [7, 11) is 0. The zero-order valence-electron chi connectivity index (χ0n) is 13.4. The van der Waals surface area contributed by atoms with E-state index in [4.69, 9.17) is 14.6 Å². The molecule has 0 bridgehead atoms. The molecule has 0 saturated carbocycles. The third kappa shape index (κ3) is 4.89. The van der Waals surface area contributed by atoms with Gasteiger partial charge in [-0.3, -0.25) is 14.4 Å². The van der Waals surface area contributed by atoms with Crippen LogP contribution in [0.5, 0.6) is 11.5 Å². The summed E-state index contributed by atoms with van der Waals surface area (Å²) in [5.41, 5.74) is 0.853. The van der Waals surface area contributed by atoms with Crippen LogP contribution in [0, 0.1) is 5.92 Å². The van der Waals surface area contributed by atoms with Crippen molar-refractivity contribution in [3.8, 4) is 11.5 Å². The Morgan fingerprint density at radius 2 is 2.00 bits per heavy atom. The third-order valence-corrected chi connectivity index (χ3v) is 4.48. The molecule has 1 aromatic carbocycles. The van der Waals surface area contributed by atoms with Crippen molar-refractivity contribution in [3.05, 3.63) is 23.8 Å². The Kier molecular flexibility index (Phi) is 6.08. The predicted octanol–water partition coefficient (Wildman–Crippen LogP) is 1.44. The number of thioether (sulfide) groups is 1. The topological polar surface area (TPSA) is 102 Å². The first kappa shape index (κ1) is 18.1. The van der Waals surface area contributed by atoms with Gasteiger partial charge in [0.05, 0.1) is 5.92 Å². The third-order valence-electron chi connectivity index (χ3n) is 3.51. The van der Waals surface area contributed by atoms with Gasteiger partial charge < -0.3 is 19.9 Å². The highest BCUT2D eigenvalue weighted by atomic mass is 32.2. The van der Waals surface area contributed by atoms with Crippen LogP contribution in [-0.4, -0.2) is 40.7 Å². The lowest BCUT2D eigenvalue weighted by Gasteiger charge is -2.18. The second kappa shape index (κ2) is 8.05. The molecule has 1 amide bonds. The average Bonchev–Trinajstić information content (AvgIpc) is 2.98. The van der Waals surface area contributed by atoms with Crippen molar-refractivity contribution in [2.24, 2.45) is 5.92 Å². The standard InChI is InChI=1S/C16H19NO6S/c1-9(16(20)21)17-15(19)12(7-24-10(2)18)5-11-3-4-13-14(6-11)23-8-22-13/h3-4,6,9,12H,5,7-8H2,1-2H3,(H,17,19)(H,20,21). The summed E-state index contributed by atoms with van der Waals surface area (Å²) >= 11 is 1.04. The minimum Gasteiger partial charge on any atom is -0.480 e. The number of rotatable bonds is 7. The molecule has 1 heterocycles. The fraction of sp³-hybridized carbons (Fsp3) is 0.438. The summed E-state index contributed by atoms with van der Waals surface area (Å²) in [6.45, 7) is 3.00. The highest BCUT2D eigenvalue weighted by Crippen LogP contribution is 2.33. The van der Waals surface area contributed by atoms with Gasteiger partial charge in [-0.15, -0.1) is 0 Å². The van der Waals surface area contributed by atoms with Crippen LogP contribution in [0.1, 0.15) is 19.4 Å². The van der Waals surface area contributed by atoms with Crippen LogP contribution in [0.25, 0.3) is 0 Å². The molecule has 2 atom stereocenters. The number of hydrogen-bond acceptors (Lipinski definition) is 6. The van der Waals surface area contributed by atoms with E-state index >= 15 is 0 Å². The Hall–Kier alpha value is -2.22. The van der Waals surface area contributed by atoms with E-state index in [0.29, 0.717) is 17.9 Å². The van der Waals surface area contributed by atoms with Crippen LogP contribution < -0.4 is 14.8 Å². The molecule has 2 unspecified atom stereocenters. The summed E-state index contributed by atoms with van der Waals surface area (Å²) in [5, 5.41) is 11.3. The number of carbonyl (C=O) groups is 3. The van der Waals surface area contributed by atoms with Crippen LogP contribution >= 0.6 is 11.8 Å². The maximum atomic E-state index is 12.4. The highest BCUT2D eigenvalue weighted by molar-refractivity contribution is 8.13. The molecule has 0 aliphatic carbocycles. The van der Waals surface area contributed by atoms with Gasteiger partial charge in [0.1, 0.15) is 6.04 Å². The second-order valence-corrected chi connectivity index (χ2v) is 6.66.